The largest absolute Gasteiger partial charge is 0.356 e. The molecule has 10 saturated heterocycles. The van der Waals surface area contributed by atoms with Crippen LogP contribution in [0.5, 0.6) is 0 Å². The summed E-state index contributed by atoms with van der Waals surface area (Å²) in [7, 11) is 0. The zero-order valence-corrected chi connectivity index (χ0v) is 83.7. The van der Waals surface area contributed by atoms with Crippen LogP contribution in [-0.2, 0) is 109 Å². The quantitative estimate of drug-likeness (QED) is 0.0241. The summed E-state index contributed by atoms with van der Waals surface area (Å²) in [5, 5.41) is 30.7. The molecule has 35 nitrogen and oxygen atoms in total. The van der Waals surface area contributed by atoms with Crippen molar-refractivity contribution in [3.63, 3.8) is 0 Å². The van der Waals surface area contributed by atoms with Crippen LogP contribution in [0.2, 0.25) is 0 Å². The molecule has 0 radical (unpaired) electrons. The van der Waals surface area contributed by atoms with E-state index in [1.54, 1.807) is 11.8 Å². The van der Waals surface area contributed by atoms with Gasteiger partial charge in [-0.2, -0.15) is 0 Å². The van der Waals surface area contributed by atoms with E-state index in [-0.39, 0.29) is 163 Å². The molecule has 15 amide bonds. The van der Waals surface area contributed by atoms with Crippen molar-refractivity contribution in [2.24, 2.45) is 29.6 Å². The lowest BCUT2D eigenvalue weighted by atomic mass is 9.87. The fourth-order valence-electron chi connectivity index (χ4n) is 19.4. The van der Waals surface area contributed by atoms with Crippen LogP contribution in [0.4, 0.5) is 17.1 Å². The number of carbonyl (C=O) groups is 15. The SMILES string of the molecule is CC[C@@H](C)C(=O)N[C@@H]1C(=O)N2C(C(=O)Nc3cccc4ccccc34)CC[C@@H]2O[C@@H]1C.CC[C@@H](C)C(=O)N[C@H]1CO[C@H]2CCC(C(=O)NC3CCCc4ccccc43)N2C1=O.CC[C@@H](C)C(=O)N[C@H]1CO[C@H]2CCC(C(=O)NCc3ccccc3)N2C1=O.CC[C@@H](C)C(=O)N[C@H]1CO[C@H]2CCC(C(=O)Nc3ccc(C)cc3)N2C1=O.CC[C@@H](C)C(=O)N[C@H]1CO[C@H]2CCC(C(=O)Nc3ccc(C)cc3)N2C1=O. The summed E-state index contributed by atoms with van der Waals surface area (Å²) in [6, 6.07) is 39.8. The fourth-order valence-corrected chi connectivity index (χ4v) is 19.4. The summed E-state index contributed by atoms with van der Waals surface area (Å²) in [4.78, 5) is 198. The number of carbonyl (C=O) groups excluding carboxylic acids is 15. The second-order valence-electron chi connectivity index (χ2n) is 39.0. The first-order chi connectivity index (χ1) is 68.2. The zero-order valence-electron chi connectivity index (χ0n) is 83.7. The number of hydrogen-bond donors (Lipinski definition) is 10. The van der Waals surface area contributed by atoms with Crippen molar-refractivity contribution in [1.29, 1.82) is 0 Å². The molecule has 10 heterocycles. The minimum absolute atomic E-state index is 0.0248. The molecule has 35 heteroatoms. The minimum atomic E-state index is -0.788. The van der Waals surface area contributed by atoms with Crippen molar-refractivity contribution in [2.75, 3.05) is 42.4 Å². The number of nitrogens with zero attached hydrogens (tertiary/aromatic N) is 5. The van der Waals surface area contributed by atoms with E-state index in [1.807, 2.05) is 217 Å². The molecule has 142 heavy (non-hydrogen) atoms. The molecule has 6 unspecified atom stereocenters. The van der Waals surface area contributed by atoms with E-state index < -0.39 is 85.2 Å². The first kappa shape index (κ1) is 107. The van der Waals surface area contributed by atoms with Crippen LogP contribution < -0.4 is 53.2 Å². The Morgan fingerprint density at radius 3 is 1.12 bits per heavy atom. The van der Waals surface area contributed by atoms with E-state index in [1.165, 1.54) is 30.7 Å². The molecule has 0 aromatic heterocycles. The van der Waals surface area contributed by atoms with Crippen molar-refractivity contribution in [3.05, 3.63) is 173 Å². The van der Waals surface area contributed by atoms with Gasteiger partial charge in [-0.15, -0.1) is 0 Å². The topological polar surface area (TPSA) is 439 Å². The van der Waals surface area contributed by atoms with Gasteiger partial charge in [0.2, 0.25) is 82.7 Å². The van der Waals surface area contributed by atoms with Crippen LogP contribution in [-0.4, -0.2) is 237 Å². The maximum absolute atomic E-state index is 13.3. The Morgan fingerprint density at radius 2 is 0.697 bits per heavy atom. The average molecular weight is 1960 g/mol. The molecule has 1 aliphatic carbocycles. The molecule has 10 N–H and O–H groups in total. The third kappa shape index (κ3) is 25.7. The van der Waals surface area contributed by atoms with Crippen molar-refractivity contribution in [1.82, 2.24) is 61.7 Å². The van der Waals surface area contributed by atoms with Crippen LogP contribution in [0.3, 0.4) is 0 Å². The first-order valence-corrected chi connectivity index (χ1v) is 50.7. The summed E-state index contributed by atoms with van der Waals surface area (Å²) in [6.45, 7) is 25.5. The van der Waals surface area contributed by atoms with E-state index in [4.69, 9.17) is 23.7 Å². The standard InChI is InChI=1S/C24H29N3O4.C23H31N3O4.3C20H27N3O4/c1-4-14(2)22(28)26-21-15(3)31-20-13-12-19(27(20)24(21)30)23(29)25-18-11-7-9-16-8-5-6-10-17(16)18;1-3-14(2)21(27)25-18-13-30-20-12-11-19(26(20)23(18)29)22(28)24-17-10-6-8-15-7-4-5-9-16(15)17;2*1-4-13(3)18(24)22-15-11-27-17-10-9-16(23(17)20(15)26)19(25)21-14-7-5-12(2)6-8-14;1-3-13(2)18(24)22-15-12-27-17-10-9-16(23(17)20(15)26)19(25)21-11-14-7-5-4-6-8-14/h5-11,14-15,19-21H,4,12-13H2,1-3H3,(H,25,29)(H,26,28);4-5,7,9,14,17-20H,3,6,8,10-13H2,1-2H3,(H,24,28)(H,25,27);2*5-8,13,15-17H,4,9-11H2,1-3H3,(H,21,25)(H,22,24);4-8,13,15-17H,3,9-12H2,1-2H3,(H,21,25)(H,22,24)/t14-,15-,19?,20+,21+;14-,17?,18+,19?,20+;3*13-,15+,16?,17+/m11111/s1. The Kier molecular flexibility index (Phi) is 37.1. The molecule has 10 fully saturated rings. The van der Waals surface area contributed by atoms with Gasteiger partial charge in [0, 0.05) is 58.6 Å². The molecular weight excluding hydrogens is 1820 g/mol. The number of hydrogen-bond acceptors (Lipinski definition) is 20. The van der Waals surface area contributed by atoms with Crippen LogP contribution in [0.1, 0.15) is 219 Å². The third-order valence-electron chi connectivity index (χ3n) is 29.1. The average Bonchev–Trinajstić information content (AvgIpc) is 1.57. The molecular formula is C107H141N15O20. The van der Waals surface area contributed by atoms with E-state index in [0.717, 1.165) is 46.7 Å². The highest BCUT2D eigenvalue weighted by molar-refractivity contribution is 6.06. The predicted octanol–water partition coefficient (Wildman–Crippen LogP) is 9.91. The Balaban J connectivity index is 0.000000149. The first-order valence-electron chi connectivity index (χ1n) is 50.7. The zero-order chi connectivity index (χ0) is 102. The number of rotatable bonds is 26. The Labute approximate surface area is 830 Å². The molecule has 11 aliphatic rings. The maximum Gasteiger partial charge on any atom is 0.250 e. The molecule has 10 aliphatic heterocycles. The van der Waals surface area contributed by atoms with Crippen molar-refractivity contribution < 1.29 is 95.6 Å². The number of amides is 15. The van der Waals surface area contributed by atoms with E-state index in [9.17, 15) is 71.9 Å². The highest BCUT2D eigenvalue weighted by Gasteiger charge is 2.54. The fraction of sp³-hybridized carbons (Fsp3) is 0.542. The summed E-state index contributed by atoms with van der Waals surface area (Å²) in [5.41, 5.74) is 7.77. The van der Waals surface area contributed by atoms with Crippen molar-refractivity contribution in [2.45, 2.75) is 316 Å². The molecule has 0 bridgehead atoms. The van der Waals surface area contributed by atoms with Crippen LogP contribution in [0.15, 0.2) is 146 Å². The summed E-state index contributed by atoms with van der Waals surface area (Å²) in [6.07, 6.45) is 9.80. The van der Waals surface area contributed by atoms with E-state index in [2.05, 4.69) is 65.3 Å². The lowest BCUT2D eigenvalue weighted by molar-refractivity contribution is -0.178. The number of anilines is 3. The Bertz CT molecular complexity index is 5370. The summed E-state index contributed by atoms with van der Waals surface area (Å²) in [5.74, 6) is -3.92. The maximum atomic E-state index is 13.3. The van der Waals surface area contributed by atoms with Crippen molar-refractivity contribution >= 4 is 116 Å². The highest BCUT2D eigenvalue weighted by atomic mass is 16.5. The van der Waals surface area contributed by atoms with Gasteiger partial charge in [-0.3, -0.25) is 71.9 Å². The van der Waals surface area contributed by atoms with Gasteiger partial charge in [-0.05, 0) is 189 Å². The van der Waals surface area contributed by atoms with E-state index >= 15 is 0 Å². The predicted molar refractivity (Wildman–Crippen MR) is 530 cm³/mol. The highest BCUT2D eigenvalue weighted by Crippen LogP contribution is 2.39. The molecule has 17 rings (SSSR count). The number of ether oxygens (including phenoxy) is 5. The smallest absolute Gasteiger partial charge is 0.250 e. The van der Waals surface area contributed by atoms with Crippen molar-refractivity contribution in [3.8, 4) is 0 Å². The van der Waals surface area contributed by atoms with Gasteiger partial charge in [-0.25, -0.2) is 0 Å². The monoisotopic (exact) mass is 1960 g/mol. The lowest BCUT2D eigenvalue weighted by Crippen LogP contribution is -2.64. The molecule has 764 valence electrons. The second kappa shape index (κ2) is 49.4. The molecule has 0 spiro atoms. The number of fused-ring (bicyclic) bond motifs is 7. The van der Waals surface area contributed by atoms with Gasteiger partial charge >= 0.3 is 0 Å². The van der Waals surface area contributed by atoms with Gasteiger partial charge < -0.3 is 101 Å². The van der Waals surface area contributed by atoms with E-state index in [0.29, 0.717) is 120 Å². The van der Waals surface area contributed by atoms with Gasteiger partial charge in [0.25, 0.3) is 5.91 Å². The Hall–Kier alpha value is -12.6. The van der Waals surface area contributed by atoms with Crippen LogP contribution in [0.25, 0.3) is 10.8 Å². The van der Waals surface area contributed by atoms with Gasteiger partial charge in [-0.1, -0.05) is 196 Å². The van der Waals surface area contributed by atoms with Gasteiger partial charge in [0.05, 0.1) is 38.6 Å². The number of nitrogens with one attached hydrogen (secondary N) is 10. The summed E-state index contributed by atoms with van der Waals surface area (Å²) < 4.78 is 29.1. The lowest BCUT2D eigenvalue weighted by Gasteiger charge is -2.41. The summed E-state index contributed by atoms with van der Waals surface area (Å²) >= 11 is 0. The van der Waals surface area contributed by atoms with Crippen LogP contribution >= 0.6 is 0 Å². The van der Waals surface area contributed by atoms with Crippen LogP contribution in [0, 0.1) is 43.4 Å². The second-order valence-corrected chi connectivity index (χ2v) is 39.0. The number of aryl methyl sites for hydroxylation is 3. The molecule has 6 aromatic carbocycles. The minimum Gasteiger partial charge on any atom is -0.356 e. The third-order valence-corrected chi connectivity index (χ3v) is 29.1. The van der Waals surface area contributed by atoms with Gasteiger partial charge in [0.15, 0.2) is 0 Å². The van der Waals surface area contributed by atoms with Gasteiger partial charge in [0.1, 0.15) is 91.6 Å². The molecule has 6 aromatic rings. The number of benzene rings is 6. The molecule has 22 atom stereocenters. The molecule has 0 saturated carbocycles. The normalized spacial score (nSPS) is 26.5. The Morgan fingerprint density at radius 1 is 0.345 bits per heavy atom.